The number of carbonyl (C=O) groups excluding carboxylic acids is 2. The number of aromatic nitrogens is 1. The Bertz CT molecular complexity index is 724. The van der Waals surface area contributed by atoms with Crippen molar-refractivity contribution >= 4 is 17.7 Å². The highest BCUT2D eigenvalue weighted by Gasteiger charge is 2.53. The van der Waals surface area contributed by atoms with Crippen LogP contribution in [0.15, 0.2) is 0 Å². The maximum absolute atomic E-state index is 13.1. The van der Waals surface area contributed by atoms with Crippen LogP contribution in [0.5, 0.6) is 0 Å². The second-order valence-electron chi connectivity index (χ2n) is 6.19. The van der Waals surface area contributed by atoms with Crippen LogP contribution in [0.2, 0.25) is 0 Å². The number of rotatable bonds is 4. The molecule has 2 rings (SSSR count). The molecule has 1 aromatic rings. The number of aromatic amines is 1. The lowest BCUT2D eigenvalue weighted by atomic mass is 9.96. The van der Waals surface area contributed by atoms with E-state index in [4.69, 9.17) is 5.11 Å². The van der Waals surface area contributed by atoms with Crippen LogP contribution in [0, 0.1) is 18.8 Å². The number of H-pyrrole nitrogens is 1. The minimum atomic E-state index is -4.71. The molecule has 6 nitrogen and oxygen atoms in total. The van der Waals surface area contributed by atoms with Gasteiger partial charge in [0.15, 0.2) is 5.78 Å². The summed E-state index contributed by atoms with van der Waals surface area (Å²) in [6.07, 6.45) is -4.36. The number of amides is 1. The zero-order chi connectivity index (χ0) is 19.1. The van der Waals surface area contributed by atoms with Crippen LogP contribution in [-0.2, 0) is 11.2 Å². The van der Waals surface area contributed by atoms with Crippen LogP contribution in [0.1, 0.15) is 46.0 Å². The molecule has 1 saturated heterocycles. The van der Waals surface area contributed by atoms with E-state index in [0.29, 0.717) is 23.2 Å². The fourth-order valence-electron chi connectivity index (χ4n) is 3.40. The number of Topliss-reactive ketones (excluding diaryl/α,β-unsaturated/α-hetero) is 1. The molecule has 138 valence electrons. The Morgan fingerprint density at radius 2 is 1.88 bits per heavy atom. The molecule has 0 bridgehead atoms. The third kappa shape index (κ3) is 3.40. The Labute approximate surface area is 142 Å². The smallest absolute Gasteiger partial charge is 0.394 e. The van der Waals surface area contributed by atoms with E-state index in [1.54, 1.807) is 13.8 Å². The van der Waals surface area contributed by atoms with Gasteiger partial charge in [-0.2, -0.15) is 13.2 Å². The number of carbonyl (C=O) groups is 3. The number of carboxylic acid groups (broad SMARTS) is 1. The van der Waals surface area contributed by atoms with Gasteiger partial charge in [-0.05, 0) is 25.8 Å². The summed E-state index contributed by atoms with van der Waals surface area (Å²) in [5, 5.41) is 9.05. The van der Waals surface area contributed by atoms with Gasteiger partial charge in [0.25, 0.3) is 5.91 Å². The van der Waals surface area contributed by atoms with E-state index in [9.17, 15) is 27.6 Å². The number of carboxylic acids is 1. The number of nitrogens with one attached hydrogen (secondary N) is 1. The van der Waals surface area contributed by atoms with Gasteiger partial charge < -0.3 is 15.0 Å². The molecular weight excluding hydrogens is 341 g/mol. The summed E-state index contributed by atoms with van der Waals surface area (Å²) in [5.74, 6) is -6.35. The normalized spacial score (nSPS) is 20.8. The van der Waals surface area contributed by atoms with Gasteiger partial charge in [0.1, 0.15) is 5.69 Å². The third-order valence-electron chi connectivity index (χ3n) is 4.56. The number of nitrogens with zero attached hydrogens (tertiary/aromatic N) is 1. The SMILES string of the molecule is CCc1c(C(=O)N2C[C@@H](C(F)(F)F)[C@H](C(=O)O)C2)[nH]c(C)c1C(C)=O. The van der Waals surface area contributed by atoms with Crippen molar-refractivity contribution in [3.05, 3.63) is 22.5 Å². The van der Waals surface area contributed by atoms with Gasteiger partial charge >= 0.3 is 12.1 Å². The van der Waals surface area contributed by atoms with Crippen molar-refractivity contribution in [2.45, 2.75) is 33.4 Å². The first kappa shape index (κ1) is 19.0. The first-order valence-electron chi connectivity index (χ1n) is 7.80. The van der Waals surface area contributed by atoms with Gasteiger partial charge in [0.2, 0.25) is 0 Å². The minimum absolute atomic E-state index is 0.0529. The van der Waals surface area contributed by atoms with Gasteiger partial charge in [0, 0.05) is 24.3 Å². The Kier molecular flexibility index (Phi) is 4.97. The number of aryl methyl sites for hydroxylation is 1. The summed E-state index contributed by atoms with van der Waals surface area (Å²) in [5.41, 5.74) is 1.32. The number of likely N-dealkylation sites (tertiary alicyclic amines) is 1. The first-order valence-corrected chi connectivity index (χ1v) is 7.80. The lowest BCUT2D eigenvalue weighted by molar-refractivity contribution is -0.187. The average molecular weight is 360 g/mol. The fraction of sp³-hybridized carbons (Fsp3) is 0.562. The van der Waals surface area contributed by atoms with Crippen LogP contribution in [0.3, 0.4) is 0 Å². The molecule has 2 atom stereocenters. The minimum Gasteiger partial charge on any atom is -0.481 e. The van der Waals surface area contributed by atoms with Crippen LogP contribution < -0.4 is 0 Å². The summed E-state index contributed by atoms with van der Waals surface area (Å²) < 4.78 is 39.2. The number of alkyl halides is 3. The van der Waals surface area contributed by atoms with Gasteiger partial charge in [-0.1, -0.05) is 6.92 Å². The van der Waals surface area contributed by atoms with E-state index in [0.717, 1.165) is 4.90 Å². The van der Waals surface area contributed by atoms with Crippen molar-refractivity contribution in [1.29, 1.82) is 0 Å². The quantitative estimate of drug-likeness (QED) is 0.807. The molecule has 2 N–H and O–H groups in total. The molecule has 0 aromatic carbocycles. The van der Waals surface area contributed by atoms with Crippen molar-refractivity contribution in [1.82, 2.24) is 9.88 Å². The summed E-state index contributed by atoms with van der Waals surface area (Å²) >= 11 is 0. The van der Waals surface area contributed by atoms with E-state index >= 15 is 0 Å². The van der Waals surface area contributed by atoms with Crippen LogP contribution in [0.4, 0.5) is 13.2 Å². The summed E-state index contributed by atoms with van der Waals surface area (Å²) in [4.78, 5) is 39.3. The average Bonchev–Trinajstić information content (AvgIpc) is 3.07. The van der Waals surface area contributed by atoms with E-state index < -0.39 is 43.0 Å². The molecule has 0 unspecified atom stereocenters. The molecule has 0 saturated carbocycles. The summed E-state index contributed by atoms with van der Waals surface area (Å²) in [6.45, 7) is 3.45. The summed E-state index contributed by atoms with van der Waals surface area (Å²) in [7, 11) is 0. The van der Waals surface area contributed by atoms with Crippen molar-refractivity contribution in [2.24, 2.45) is 11.8 Å². The molecule has 9 heteroatoms. The largest absolute Gasteiger partial charge is 0.481 e. The monoisotopic (exact) mass is 360 g/mol. The van der Waals surface area contributed by atoms with Gasteiger partial charge in [-0.15, -0.1) is 0 Å². The predicted molar refractivity (Wildman–Crippen MR) is 81.5 cm³/mol. The predicted octanol–water partition coefficient (Wildman–Crippen LogP) is 2.42. The zero-order valence-electron chi connectivity index (χ0n) is 14.0. The van der Waals surface area contributed by atoms with Crippen LogP contribution in [0.25, 0.3) is 0 Å². The summed E-state index contributed by atoms with van der Waals surface area (Å²) in [6, 6.07) is 0. The highest BCUT2D eigenvalue weighted by atomic mass is 19.4. The molecule has 1 aliphatic rings. The number of hydrogen-bond donors (Lipinski definition) is 2. The van der Waals surface area contributed by atoms with E-state index in [1.165, 1.54) is 6.92 Å². The topological polar surface area (TPSA) is 90.5 Å². The highest BCUT2D eigenvalue weighted by molar-refractivity contribution is 6.02. The molecule has 1 amide bonds. The van der Waals surface area contributed by atoms with Crippen molar-refractivity contribution in [2.75, 3.05) is 13.1 Å². The Hall–Kier alpha value is -2.32. The van der Waals surface area contributed by atoms with Crippen molar-refractivity contribution in [3.63, 3.8) is 0 Å². The standard InChI is InChI=1S/C16H19F3N2O4/c1-4-9-12(8(3)22)7(2)20-13(9)14(23)21-5-10(15(24)25)11(6-21)16(17,18)19/h10-11,20H,4-6H2,1-3H3,(H,24,25)/t10-,11-/m1/s1. The molecule has 0 radical (unpaired) electrons. The molecule has 0 aliphatic carbocycles. The van der Waals surface area contributed by atoms with Gasteiger partial charge in [-0.3, -0.25) is 14.4 Å². The Balaban J connectivity index is 2.38. The Morgan fingerprint density at radius 1 is 1.28 bits per heavy atom. The number of hydrogen-bond acceptors (Lipinski definition) is 3. The van der Waals surface area contributed by atoms with E-state index in [-0.39, 0.29) is 11.5 Å². The maximum atomic E-state index is 13.1. The molecular formula is C16H19F3N2O4. The number of ketones is 1. The third-order valence-corrected chi connectivity index (χ3v) is 4.56. The first-order chi connectivity index (χ1) is 11.5. The van der Waals surface area contributed by atoms with Crippen LogP contribution >= 0.6 is 0 Å². The van der Waals surface area contributed by atoms with Crippen molar-refractivity contribution in [3.8, 4) is 0 Å². The van der Waals surface area contributed by atoms with Gasteiger partial charge in [-0.25, -0.2) is 0 Å². The number of aliphatic carboxylic acids is 1. The zero-order valence-corrected chi connectivity index (χ0v) is 14.0. The number of halogens is 3. The van der Waals surface area contributed by atoms with E-state index in [1.807, 2.05) is 0 Å². The molecule has 2 heterocycles. The lowest BCUT2D eigenvalue weighted by Crippen LogP contribution is -2.34. The lowest BCUT2D eigenvalue weighted by Gasteiger charge is -2.18. The molecule has 25 heavy (non-hydrogen) atoms. The maximum Gasteiger partial charge on any atom is 0.394 e. The van der Waals surface area contributed by atoms with Gasteiger partial charge in [0.05, 0.1) is 11.8 Å². The van der Waals surface area contributed by atoms with Crippen LogP contribution in [-0.4, -0.2) is 51.9 Å². The molecule has 0 spiro atoms. The second-order valence-corrected chi connectivity index (χ2v) is 6.19. The van der Waals surface area contributed by atoms with E-state index in [2.05, 4.69) is 4.98 Å². The fourth-order valence-corrected chi connectivity index (χ4v) is 3.40. The highest BCUT2D eigenvalue weighted by Crippen LogP contribution is 2.38. The van der Waals surface area contributed by atoms with Crippen molar-refractivity contribution < 1.29 is 32.7 Å². The molecule has 1 aromatic heterocycles. The second kappa shape index (κ2) is 6.53. The molecule has 1 fully saturated rings. The Morgan fingerprint density at radius 3 is 2.28 bits per heavy atom. The molecule has 1 aliphatic heterocycles.